The number of carbonyl (C=O) groups is 2. The van der Waals surface area contributed by atoms with Crippen LogP contribution in [0.25, 0.3) is 0 Å². The summed E-state index contributed by atoms with van der Waals surface area (Å²) in [6.45, 7) is 5.28. The Bertz CT molecular complexity index is 364. The largest absolute Gasteiger partial charge is 0.354 e. The summed E-state index contributed by atoms with van der Waals surface area (Å²) in [6.07, 6.45) is 4.61. The highest BCUT2D eigenvalue weighted by molar-refractivity contribution is 5.89. The minimum Gasteiger partial charge on any atom is -0.354 e. The predicted molar refractivity (Wildman–Crippen MR) is 77.9 cm³/mol. The molecule has 2 atom stereocenters. The number of likely N-dealkylation sites (tertiary alicyclic amines) is 1. The normalized spacial score (nSPS) is 24.3. The van der Waals surface area contributed by atoms with E-state index >= 15 is 0 Å². The number of hydrogen-bond donors (Lipinski definition) is 2. The van der Waals surface area contributed by atoms with E-state index in [9.17, 15) is 9.59 Å². The molecular weight excluding hydrogens is 254 g/mol. The van der Waals surface area contributed by atoms with Gasteiger partial charge in [-0.1, -0.05) is 13.8 Å². The lowest BCUT2D eigenvalue weighted by Gasteiger charge is -2.26. The number of nitrogens with one attached hydrogen (secondary N) is 1. The van der Waals surface area contributed by atoms with Crippen LogP contribution in [0.4, 0.5) is 0 Å². The zero-order valence-corrected chi connectivity index (χ0v) is 12.6. The molecular formula is C15H27N3O2. The van der Waals surface area contributed by atoms with Crippen molar-refractivity contribution in [3.8, 4) is 0 Å². The van der Waals surface area contributed by atoms with E-state index in [-0.39, 0.29) is 29.8 Å². The van der Waals surface area contributed by atoms with E-state index in [1.807, 2.05) is 4.90 Å². The molecule has 0 aromatic rings. The maximum atomic E-state index is 12.1. The Morgan fingerprint density at radius 3 is 2.60 bits per heavy atom. The molecule has 0 radical (unpaired) electrons. The van der Waals surface area contributed by atoms with Gasteiger partial charge in [0.1, 0.15) is 0 Å². The Hall–Kier alpha value is -1.10. The molecule has 2 rings (SSSR count). The Balaban J connectivity index is 1.80. The minimum atomic E-state index is -0.200. The summed E-state index contributed by atoms with van der Waals surface area (Å²) in [6, 6.07) is 0.347. The van der Waals surface area contributed by atoms with Crippen LogP contribution in [0.2, 0.25) is 0 Å². The molecule has 0 aromatic carbocycles. The van der Waals surface area contributed by atoms with E-state index in [4.69, 9.17) is 5.73 Å². The number of carbonyl (C=O) groups excluding carboxylic acids is 2. The van der Waals surface area contributed by atoms with Crippen molar-refractivity contribution < 1.29 is 9.59 Å². The van der Waals surface area contributed by atoms with Crippen molar-refractivity contribution in [3.63, 3.8) is 0 Å². The van der Waals surface area contributed by atoms with Crippen LogP contribution in [0.1, 0.15) is 46.0 Å². The standard InChI is InChI=1S/C15H27N3O2/c1-3-12(4-2)18-9-11(7-14(18)19)15(20)17-8-13(16)10-5-6-10/h10-13H,3-9,16H2,1-2H3,(H,17,20). The number of hydrogen-bond acceptors (Lipinski definition) is 3. The fourth-order valence-electron chi connectivity index (χ4n) is 3.04. The van der Waals surface area contributed by atoms with Crippen molar-refractivity contribution in [3.05, 3.63) is 0 Å². The van der Waals surface area contributed by atoms with E-state index in [1.54, 1.807) is 0 Å². The van der Waals surface area contributed by atoms with Gasteiger partial charge < -0.3 is 16.0 Å². The third-order valence-electron chi connectivity index (χ3n) is 4.65. The molecule has 1 heterocycles. The molecule has 0 bridgehead atoms. The third-order valence-corrected chi connectivity index (χ3v) is 4.65. The SMILES string of the molecule is CCC(CC)N1CC(C(=O)NCC(N)C2CC2)CC1=O. The lowest BCUT2D eigenvalue weighted by molar-refractivity contribution is -0.130. The fraction of sp³-hybridized carbons (Fsp3) is 0.867. The quantitative estimate of drug-likeness (QED) is 0.727. The zero-order valence-electron chi connectivity index (χ0n) is 12.6. The maximum absolute atomic E-state index is 12.1. The smallest absolute Gasteiger partial charge is 0.225 e. The van der Waals surface area contributed by atoms with Gasteiger partial charge in [-0.15, -0.1) is 0 Å². The molecule has 2 aliphatic rings. The first-order chi connectivity index (χ1) is 9.56. The van der Waals surface area contributed by atoms with E-state index in [1.165, 1.54) is 12.8 Å². The summed E-state index contributed by atoms with van der Waals surface area (Å²) in [5.41, 5.74) is 5.98. The lowest BCUT2D eigenvalue weighted by atomic mass is 10.1. The van der Waals surface area contributed by atoms with Gasteiger partial charge in [0.15, 0.2) is 0 Å². The second kappa shape index (κ2) is 6.57. The average Bonchev–Trinajstić information content (AvgIpc) is 3.22. The van der Waals surface area contributed by atoms with Gasteiger partial charge in [-0.05, 0) is 31.6 Å². The van der Waals surface area contributed by atoms with Crippen LogP contribution < -0.4 is 11.1 Å². The van der Waals surface area contributed by atoms with Crippen molar-refractivity contribution >= 4 is 11.8 Å². The van der Waals surface area contributed by atoms with Crippen LogP contribution in [0.3, 0.4) is 0 Å². The van der Waals surface area contributed by atoms with Crippen molar-refractivity contribution in [2.75, 3.05) is 13.1 Å². The monoisotopic (exact) mass is 281 g/mol. The van der Waals surface area contributed by atoms with Crippen LogP contribution in [0.15, 0.2) is 0 Å². The molecule has 2 fully saturated rings. The highest BCUT2D eigenvalue weighted by atomic mass is 16.2. The minimum absolute atomic E-state index is 0.0112. The first-order valence-electron chi connectivity index (χ1n) is 7.89. The van der Waals surface area contributed by atoms with Crippen LogP contribution in [0.5, 0.6) is 0 Å². The summed E-state index contributed by atoms with van der Waals surface area (Å²) >= 11 is 0. The van der Waals surface area contributed by atoms with Gasteiger partial charge in [0, 0.05) is 31.6 Å². The molecule has 0 aromatic heterocycles. The van der Waals surface area contributed by atoms with E-state index in [2.05, 4.69) is 19.2 Å². The zero-order chi connectivity index (χ0) is 14.7. The van der Waals surface area contributed by atoms with Crippen molar-refractivity contribution in [1.82, 2.24) is 10.2 Å². The number of rotatable bonds is 7. The Kier molecular flexibility index (Phi) is 5.02. The van der Waals surface area contributed by atoms with Crippen LogP contribution in [-0.2, 0) is 9.59 Å². The van der Waals surface area contributed by atoms with E-state index in [0.717, 1.165) is 12.8 Å². The fourth-order valence-corrected chi connectivity index (χ4v) is 3.04. The molecule has 0 spiro atoms. The molecule has 5 heteroatoms. The molecule has 1 aliphatic carbocycles. The third kappa shape index (κ3) is 3.51. The number of nitrogens with zero attached hydrogens (tertiary/aromatic N) is 1. The molecule has 114 valence electrons. The topological polar surface area (TPSA) is 75.4 Å². The summed E-state index contributed by atoms with van der Waals surface area (Å²) in [7, 11) is 0. The first-order valence-corrected chi connectivity index (χ1v) is 7.89. The van der Waals surface area contributed by atoms with E-state index in [0.29, 0.717) is 25.4 Å². The summed E-state index contributed by atoms with van der Waals surface area (Å²) in [5.74, 6) is 0.490. The highest BCUT2D eigenvalue weighted by Gasteiger charge is 2.37. The van der Waals surface area contributed by atoms with Crippen molar-refractivity contribution in [2.45, 2.75) is 58.0 Å². The molecule has 20 heavy (non-hydrogen) atoms. The van der Waals surface area contributed by atoms with Gasteiger partial charge >= 0.3 is 0 Å². The highest BCUT2D eigenvalue weighted by Crippen LogP contribution is 2.31. The van der Waals surface area contributed by atoms with Crippen LogP contribution in [0, 0.1) is 11.8 Å². The van der Waals surface area contributed by atoms with E-state index < -0.39 is 0 Å². The maximum Gasteiger partial charge on any atom is 0.225 e. The Morgan fingerprint density at radius 2 is 2.05 bits per heavy atom. The van der Waals surface area contributed by atoms with Gasteiger partial charge in [-0.2, -0.15) is 0 Å². The van der Waals surface area contributed by atoms with Gasteiger partial charge in [-0.3, -0.25) is 9.59 Å². The molecule has 1 saturated carbocycles. The van der Waals surface area contributed by atoms with Gasteiger partial charge in [0.25, 0.3) is 0 Å². The molecule has 3 N–H and O–H groups in total. The predicted octanol–water partition coefficient (Wildman–Crippen LogP) is 0.877. The second-order valence-electron chi connectivity index (χ2n) is 6.16. The number of amides is 2. The molecule has 1 saturated heterocycles. The van der Waals surface area contributed by atoms with Crippen LogP contribution >= 0.6 is 0 Å². The molecule has 2 unspecified atom stereocenters. The summed E-state index contributed by atoms with van der Waals surface area (Å²) in [4.78, 5) is 26.0. The average molecular weight is 281 g/mol. The summed E-state index contributed by atoms with van der Waals surface area (Å²) < 4.78 is 0. The van der Waals surface area contributed by atoms with Crippen molar-refractivity contribution in [1.29, 1.82) is 0 Å². The molecule has 1 aliphatic heterocycles. The van der Waals surface area contributed by atoms with Gasteiger partial charge in [0.2, 0.25) is 11.8 Å². The molecule has 2 amide bonds. The second-order valence-corrected chi connectivity index (χ2v) is 6.16. The van der Waals surface area contributed by atoms with Crippen LogP contribution in [-0.4, -0.2) is 41.9 Å². The van der Waals surface area contributed by atoms with Gasteiger partial charge in [-0.25, -0.2) is 0 Å². The van der Waals surface area contributed by atoms with Gasteiger partial charge in [0.05, 0.1) is 5.92 Å². The first kappa shape index (κ1) is 15.3. The van der Waals surface area contributed by atoms with Crippen molar-refractivity contribution in [2.24, 2.45) is 17.6 Å². The number of nitrogens with two attached hydrogens (primary N) is 1. The molecule has 5 nitrogen and oxygen atoms in total. The Morgan fingerprint density at radius 1 is 1.40 bits per heavy atom. The lowest BCUT2D eigenvalue weighted by Crippen LogP contribution is -2.42. The Labute approximate surface area is 121 Å². The summed E-state index contributed by atoms with van der Waals surface area (Å²) in [5, 5.41) is 2.92.